The Morgan fingerprint density at radius 3 is 2.22 bits per heavy atom. The lowest BCUT2D eigenvalue weighted by molar-refractivity contribution is -0.124. The summed E-state index contributed by atoms with van der Waals surface area (Å²) in [5.74, 6) is -0.889. The minimum Gasteiger partial charge on any atom is -0.496 e. The first-order valence-electron chi connectivity index (χ1n) is 8.20. The Morgan fingerprint density at radius 2 is 1.59 bits per heavy atom. The summed E-state index contributed by atoms with van der Waals surface area (Å²) in [7, 11) is 2.83. The molecular formula is C20H21NO6. The lowest BCUT2D eigenvalue weighted by atomic mass is 10.1. The second-order valence-corrected chi connectivity index (χ2v) is 5.73. The predicted molar refractivity (Wildman–Crippen MR) is 97.6 cm³/mol. The van der Waals surface area contributed by atoms with Gasteiger partial charge in [0.25, 0.3) is 5.91 Å². The Morgan fingerprint density at radius 1 is 0.926 bits per heavy atom. The summed E-state index contributed by atoms with van der Waals surface area (Å²) < 4.78 is 14.8. The zero-order valence-corrected chi connectivity index (χ0v) is 15.4. The Balaban J connectivity index is 1.82. The maximum atomic E-state index is 12.0. The van der Waals surface area contributed by atoms with E-state index in [4.69, 9.17) is 9.47 Å². The highest BCUT2D eigenvalue weighted by atomic mass is 16.5. The molecule has 0 aliphatic carbocycles. The Kier molecular flexibility index (Phi) is 6.93. The van der Waals surface area contributed by atoms with Crippen LogP contribution in [-0.4, -0.2) is 38.7 Å². The summed E-state index contributed by atoms with van der Waals surface area (Å²) in [5, 5.41) is 2.64. The number of nitrogens with one attached hydrogen (secondary N) is 1. The molecule has 1 N–H and O–H groups in total. The van der Waals surface area contributed by atoms with Gasteiger partial charge in [0.2, 0.25) is 0 Å². The minimum absolute atomic E-state index is 0.246. The number of hydrogen-bond donors (Lipinski definition) is 1. The van der Waals surface area contributed by atoms with Crippen molar-refractivity contribution < 1.29 is 28.6 Å². The molecule has 2 aromatic carbocycles. The van der Waals surface area contributed by atoms with E-state index >= 15 is 0 Å². The smallest absolute Gasteiger partial charge is 0.338 e. The lowest BCUT2D eigenvalue weighted by Crippen LogP contribution is -2.28. The van der Waals surface area contributed by atoms with Crippen molar-refractivity contribution in [2.75, 3.05) is 20.8 Å². The van der Waals surface area contributed by atoms with Crippen LogP contribution in [0.5, 0.6) is 5.75 Å². The Labute approximate surface area is 157 Å². The molecule has 0 aromatic heterocycles. The molecule has 0 spiro atoms. The number of carbonyl (C=O) groups excluding carboxylic acids is 3. The fraction of sp³-hybridized carbons (Fsp3) is 0.250. The average molecular weight is 371 g/mol. The van der Waals surface area contributed by atoms with Crippen LogP contribution in [0.2, 0.25) is 0 Å². The quantitative estimate of drug-likeness (QED) is 0.751. The van der Waals surface area contributed by atoms with Crippen LogP contribution in [0.1, 0.15) is 31.8 Å². The highest BCUT2D eigenvalue weighted by molar-refractivity contribution is 5.92. The number of ether oxygens (including phenoxy) is 3. The van der Waals surface area contributed by atoms with E-state index < -0.39 is 24.5 Å². The number of aryl methyl sites for hydroxylation is 1. The van der Waals surface area contributed by atoms with Gasteiger partial charge in [-0.15, -0.1) is 0 Å². The van der Waals surface area contributed by atoms with Crippen molar-refractivity contribution in [2.24, 2.45) is 0 Å². The molecule has 0 saturated carbocycles. The molecule has 2 aromatic rings. The van der Waals surface area contributed by atoms with Gasteiger partial charge < -0.3 is 19.5 Å². The predicted octanol–water partition coefficient (Wildman–Crippen LogP) is 2.26. The van der Waals surface area contributed by atoms with Gasteiger partial charge in [0, 0.05) is 6.54 Å². The maximum absolute atomic E-state index is 12.0. The van der Waals surface area contributed by atoms with Crippen LogP contribution in [-0.2, 0) is 20.8 Å². The Bertz CT molecular complexity index is 829. The molecular weight excluding hydrogens is 350 g/mol. The minimum atomic E-state index is -0.606. The van der Waals surface area contributed by atoms with Crippen molar-refractivity contribution in [2.45, 2.75) is 13.5 Å². The van der Waals surface area contributed by atoms with Crippen LogP contribution in [0, 0.1) is 6.92 Å². The highest BCUT2D eigenvalue weighted by Gasteiger charge is 2.12. The lowest BCUT2D eigenvalue weighted by Gasteiger charge is -2.09. The standard InChI is InChI=1S/C20H21NO6/c1-13-4-7-16(10-17(13)25-2)20(24)27-12-18(22)21-11-14-5-8-15(9-6-14)19(23)26-3/h4-10H,11-12H2,1-3H3,(H,21,22). The normalized spacial score (nSPS) is 10.0. The largest absolute Gasteiger partial charge is 0.496 e. The van der Waals surface area contributed by atoms with Crippen LogP contribution in [0.3, 0.4) is 0 Å². The number of esters is 2. The van der Waals surface area contributed by atoms with Gasteiger partial charge in [-0.3, -0.25) is 4.79 Å². The van der Waals surface area contributed by atoms with Gasteiger partial charge in [-0.2, -0.15) is 0 Å². The second-order valence-electron chi connectivity index (χ2n) is 5.73. The van der Waals surface area contributed by atoms with E-state index in [1.165, 1.54) is 14.2 Å². The van der Waals surface area contributed by atoms with Crippen LogP contribution in [0.15, 0.2) is 42.5 Å². The van der Waals surface area contributed by atoms with Crippen molar-refractivity contribution in [3.63, 3.8) is 0 Å². The fourth-order valence-electron chi connectivity index (χ4n) is 2.29. The van der Waals surface area contributed by atoms with Gasteiger partial charge in [-0.25, -0.2) is 9.59 Å². The molecule has 0 saturated heterocycles. The molecule has 0 atom stereocenters. The molecule has 0 heterocycles. The van der Waals surface area contributed by atoms with E-state index in [1.807, 2.05) is 6.92 Å². The van der Waals surface area contributed by atoms with Crippen LogP contribution < -0.4 is 10.1 Å². The number of carbonyl (C=O) groups is 3. The summed E-state index contributed by atoms with van der Waals surface area (Å²) in [6.07, 6.45) is 0. The first kappa shape index (κ1) is 20.0. The summed E-state index contributed by atoms with van der Waals surface area (Å²) >= 11 is 0. The molecule has 7 heteroatoms. The first-order chi connectivity index (χ1) is 12.9. The van der Waals surface area contributed by atoms with Crippen LogP contribution >= 0.6 is 0 Å². The van der Waals surface area contributed by atoms with Gasteiger partial charge in [0.15, 0.2) is 6.61 Å². The number of methoxy groups -OCH3 is 2. The van der Waals surface area contributed by atoms with Crippen LogP contribution in [0.4, 0.5) is 0 Å². The van der Waals surface area contributed by atoms with Gasteiger partial charge >= 0.3 is 11.9 Å². The number of hydrogen-bond acceptors (Lipinski definition) is 6. The molecule has 2 rings (SSSR count). The summed E-state index contributed by atoms with van der Waals surface area (Å²) in [6, 6.07) is 11.6. The van der Waals surface area contributed by atoms with E-state index in [0.29, 0.717) is 16.9 Å². The summed E-state index contributed by atoms with van der Waals surface area (Å²) in [5.41, 5.74) is 2.43. The molecule has 0 fully saturated rings. The zero-order chi connectivity index (χ0) is 19.8. The zero-order valence-electron chi connectivity index (χ0n) is 15.4. The molecule has 0 aliphatic rings. The molecule has 1 amide bonds. The van der Waals surface area contributed by atoms with Crippen molar-refractivity contribution in [3.05, 3.63) is 64.7 Å². The molecule has 27 heavy (non-hydrogen) atoms. The molecule has 0 unspecified atom stereocenters. The Hall–Kier alpha value is -3.35. The van der Waals surface area contributed by atoms with Crippen molar-refractivity contribution in [1.29, 1.82) is 0 Å². The molecule has 142 valence electrons. The van der Waals surface area contributed by atoms with E-state index in [2.05, 4.69) is 10.1 Å². The van der Waals surface area contributed by atoms with Crippen molar-refractivity contribution >= 4 is 17.8 Å². The fourth-order valence-corrected chi connectivity index (χ4v) is 2.29. The highest BCUT2D eigenvalue weighted by Crippen LogP contribution is 2.19. The molecule has 7 nitrogen and oxygen atoms in total. The van der Waals surface area contributed by atoms with Gasteiger partial charge in [0.1, 0.15) is 5.75 Å². The third-order valence-corrected chi connectivity index (χ3v) is 3.84. The molecule has 0 aliphatic heterocycles. The molecule has 0 radical (unpaired) electrons. The number of rotatable bonds is 7. The van der Waals surface area contributed by atoms with Gasteiger partial charge in [-0.1, -0.05) is 18.2 Å². The maximum Gasteiger partial charge on any atom is 0.338 e. The van der Waals surface area contributed by atoms with Gasteiger partial charge in [-0.05, 0) is 42.3 Å². The van der Waals surface area contributed by atoms with E-state index in [1.54, 1.807) is 42.5 Å². The second kappa shape index (κ2) is 9.38. The third kappa shape index (κ3) is 5.57. The first-order valence-corrected chi connectivity index (χ1v) is 8.20. The SMILES string of the molecule is COC(=O)c1ccc(CNC(=O)COC(=O)c2ccc(C)c(OC)c2)cc1. The van der Waals surface area contributed by atoms with Crippen LogP contribution in [0.25, 0.3) is 0 Å². The number of benzene rings is 2. The summed E-state index contributed by atoms with van der Waals surface area (Å²) in [6.45, 7) is 1.71. The monoisotopic (exact) mass is 371 g/mol. The topological polar surface area (TPSA) is 90.9 Å². The van der Waals surface area contributed by atoms with E-state index in [9.17, 15) is 14.4 Å². The van der Waals surface area contributed by atoms with E-state index in [-0.39, 0.29) is 6.54 Å². The van der Waals surface area contributed by atoms with Crippen molar-refractivity contribution in [1.82, 2.24) is 5.32 Å². The van der Waals surface area contributed by atoms with E-state index in [0.717, 1.165) is 11.1 Å². The third-order valence-electron chi connectivity index (χ3n) is 3.84. The number of amides is 1. The summed E-state index contributed by atoms with van der Waals surface area (Å²) in [4.78, 5) is 35.3. The van der Waals surface area contributed by atoms with Gasteiger partial charge in [0.05, 0.1) is 25.3 Å². The molecule has 0 bridgehead atoms. The average Bonchev–Trinajstić information content (AvgIpc) is 2.70. The van der Waals surface area contributed by atoms with Crippen molar-refractivity contribution in [3.8, 4) is 5.75 Å².